The van der Waals surface area contributed by atoms with Gasteiger partial charge in [-0.1, -0.05) is 6.07 Å². The van der Waals surface area contributed by atoms with Gasteiger partial charge in [-0.25, -0.2) is 4.98 Å². The largest absolute Gasteiger partial charge is 0.496 e. The highest BCUT2D eigenvalue weighted by Crippen LogP contribution is 2.26. The van der Waals surface area contributed by atoms with Crippen LogP contribution in [0.3, 0.4) is 0 Å². The Bertz CT molecular complexity index is 939. The molecular formula is C25H35N5O3. The number of aliphatic hydroxyl groups is 1. The number of aliphatic hydroxyl groups excluding tert-OH is 1. The van der Waals surface area contributed by atoms with Crippen LogP contribution in [0.5, 0.6) is 5.75 Å². The van der Waals surface area contributed by atoms with Crippen LogP contribution in [0.1, 0.15) is 54.4 Å². The third-order valence-electron chi connectivity index (χ3n) is 6.75. The van der Waals surface area contributed by atoms with Crippen LogP contribution < -0.4 is 20.3 Å². The number of aromatic nitrogens is 2. The minimum atomic E-state index is -0.208. The van der Waals surface area contributed by atoms with Gasteiger partial charge in [0.05, 0.1) is 13.2 Å². The molecule has 1 saturated carbocycles. The molecule has 1 aliphatic carbocycles. The van der Waals surface area contributed by atoms with E-state index in [1.165, 1.54) is 0 Å². The van der Waals surface area contributed by atoms with E-state index < -0.39 is 0 Å². The molecule has 4 rings (SSSR count). The lowest BCUT2D eigenvalue weighted by Gasteiger charge is -2.30. The fraction of sp³-hybridized carbons (Fsp3) is 0.560. The van der Waals surface area contributed by atoms with Crippen LogP contribution in [0.25, 0.3) is 0 Å². The molecule has 0 spiro atoms. The van der Waals surface area contributed by atoms with Crippen LogP contribution in [0, 0.1) is 12.8 Å². The summed E-state index contributed by atoms with van der Waals surface area (Å²) >= 11 is 0. The van der Waals surface area contributed by atoms with E-state index in [2.05, 4.69) is 15.6 Å². The molecule has 33 heavy (non-hydrogen) atoms. The number of nitrogens with zero attached hydrogens (tertiary/aromatic N) is 3. The third kappa shape index (κ3) is 6.00. The monoisotopic (exact) mass is 453 g/mol. The van der Waals surface area contributed by atoms with Crippen LogP contribution in [-0.4, -0.2) is 59.9 Å². The second-order valence-corrected chi connectivity index (χ2v) is 9.18. The Morgan fingerprint density at radius 1 is 1.18 bits per heavy atom. The van der Waals surface area contributed by atoms with E-state index in [-0.39, 0.29) is 18.1 Å². The zero-order valence-electron chi connectivity index (χ0n) is 19.6. The Hall–Kier alpha value is -2.71. The smallest absolute Gasteiger partial charge is 0.259 e. The number of hydrogen-bond donors (Lipinski definition) is 3. The van der Waals surface area contributed by atoms with Gasteiger partial charge >= 0.3 is 0 Å². The van der Waals surface area contributed by atoms with Gasteiger partial charge < -0.3 is 20.5 Å². The molecule has 0 unspecified atom stereocenters. The number of benzene rings is 1. The first-order valence-corrected chi connectivity index (χ1v) is 12.0. The number of carbonyl (C=O) groups is 1. The average molecular weight is 454 g/mol. The molecular weight excluding hydrogens is 418 g/mol. The molecule has 0 bridgehead atoms. The van der Waals surface area contributed by atoms with Crippen molar-refractivity contribution in [2.75, 3.05) is 37.0 Å². The molecule has 8 nitrogen and oxygen atoms in total. The second kappa shape index (κ2) is 10.9. The standard InChI is InChI=1S/C25H35N5O3/c1-17-3-4-19(15-22(17)33-2)24(32)30(16-18-9-12-26-13-10-18)23-11-14-27-25(29-23)28-20-5-7-21(31)8-6-20/h3-4,11,14-15,18,20-21,26,31H,5-10,12-13,16H2,1-2H3,(H,27,28,29). The summed E-state index contributed by atoms with van der Waals surface area (Å²) in [4.78, 5) is 24.6. The number of amides is 1. The average Bonchev–Trinajstić information content (AvgIpc) is 2.85. The molecule has 1 amide bonds. The van der Waals surface area contributed by atoms with E-state index in [9.17, 15) is 9.90 Å². The fourth-order valence-corrected chi connectivity index (χ4v) is 4.68. The fourth-order valence-electron chi connectivity index (χ4n) is 4.68. The summed E-state index contributed by atoms with van der Waals surface area (Å²) < 4.78 is 5.45. The van der Waals surface area contributed by atoms with Gasteiger partial charge in [0.1, 0.15) is 11.6 Å². The molecule has 1 aromatic heterocycles. The SMILES string of the molecule is COc1cc(C(=O)N(CC2CCNCC2)c2ccnc(NC3CCC(O)CC3)n2)ccc1C. The van der Waals surface area contributed by atoms with Crippen molar-refractivity contribution >= 4 is 17.7 Å². The van der Waals surface area contributed by atoms with Gasteiger partial charge in [0.25, 0.3) is 5.91 Å². The Kier molecular flexibility index (Phi) is 7.77. The predicted octanol–water partition coefficient (Wildman–Crippen LogP) is 3.16. The number of aryl methyl sites for hydroxylation is 1. The third-order valence-corrected chi connectivity index (χ3v) is 6.75. The van der Waals surface area contributed by atoms with Crippen LogP contribution in [-0.2, 0) is 0 Å². The first-order valence-electron chi connectivity index (χ1n) is 12.0. The van der Waals surface area contributed by atoms with Gasteiger partial charge in [-0.15, -0.1) is 0 Å². The second-order valence-electron chi connectivity index (χ2n) is 9.18. The Balaban J connectivity index is 1.58. The summed E-state index contributed by atoms with van der Waals surface area (Å²) in [5.74, 6) is 2.16. The highest BCUT2D eigenvalue weighted by Gasteiger charge is 2.26. The summed E-state index contributed by atoms with van der Waals surface area (Å²) in [6, 6.07) is 7.61. The van der Waals surface area contributed by atoms with E-state index in [0.29, 0.717) is 35.5 Å². The minimum absolute atomic E-state index is 0.0859. The van der Waals surface area contributed by atoms with Gasteiger partial charge in [-0.05, 0) is 88.2 Å². The number of piperidine rings is 1. The van der Waals surface area contributed by atoms with Crippen molar-refractivity contribution in [3.05, 3.63) is 41.6 Å². The first kappa shape index (κ1) is 23.4. The van der Waals surface area contributed by atoms with Crippen molar-refractivity contribution in [1.82, 2.24) is 15.3 Å². The summed E-state index contributed by atoms with van der Waals surface area (Å²) in [6.45, 7) is 4.51. The zero-order valence-corrected chi connectivity index (χ0v) is 19.6. The summed E-state index contributed by atoms with van der Waals surface area (Å²) in [5, 5.41) is 16.6. The summed E-state index contributed by atoms with van der Waals surface area (Å²) in [7, 11) is 1.62. The van der Waals surface area contributed by atoms with Crippen molar-refractivity contribution in [2.24, 2.45) is 5.92 Å². The van der Waals surface area contributed by atoms with Crippen LogP contribution in [0.4, 0.5) is 11.8 Å². The highest BCUT2D eigenvalue weighted by molar-refractivity contribution is 6.06. The van der Waals surface area contributed by atoms with E-state index in [4.69, 9.17) is 9.72 Å². The number of anilines is 2. The van der Waals surface area contributed by atoms with Crippen molar-refractivity contribution in [2.45, 2.75) is 57.6 Å². The molecule has 1 saturated heterocycles. The number of rotatable bonds is 7. The topological polar surface area (TPSA) is 99.6 Å². The number of carbonyl (C=O) groups excluding carboxylic acids is 1. The maximum Gasteiger partial charge on any atom is 0.259 e. The van der Waals surface area contributed by atoms with E-state index in [1.54, 1.807) is 30.3 Å². The van der Waals surface area contributed by atoms with Crippen LogP contribution in [0.15, 0.2) is 30.5 Å². The molecule has 3 N–H and O–H groups in total. The van der Waals surface area contributed by atoms with Crippen molar-refractivity contribution < 1.29 is 14.6 Å². The lowest BCUT2D eigenvalue weighted by atomic mass is 9.93. The van der Waals surface area contributed by atoms with Crippen LogP contribution in [0.2, 0.25) is 0 Å². The molecule has 1 aliphatic heterocycles. The lowest BCUT2D eigenvalue weighted by Crippen LogP contribution is -2.40. The number of hydrogen-bond acceptors (Lipinski definition) is 7. The number of ether oxygens (including phenoxy) is 1. The molecule has 2 aliphatic rings. The Labute approximate surface area is 195 Å². The van der Waals surface area contributed by atoms with Gasteiger partial charge in [0.2, 0.25) is 5.95 Å². The predicted molar refractivity (Wildman–Crippen MR) is 129 cm³/mol. The molecule has 178 valence electrons. The quantitative estimate of drug-likeness (QED) is 0.592. The summed E-state index contributed by atoms with van der Waals surface area (Å²) in [6.07, 6.45) is 6.90. The molecule has 0 atom stereocenters. The van der Waals surface area contributed by atoms with E-state index >= 15 is 0 Å². The molecule has 2 aromatic rings. The maximum atomic E-state index is 13.7. The van der Waals surface area contributed by atoms with Crippen molar-refractivity contribution in [3.8, 4) is 5.75 Å². The zero-order chi connectivity index (χ0) is 23.2. The molecule has 1 aromatic carbocycles. The number of methoxy groups -OCH3 is 1. The molecule has 8 heteroatoms. The first-order chi connectivity index (χ1) is 16.0. The maximum absolute atomic E-state index is 13.7. The molecule has 2 fully saturated rings. The van der Waals surface area contributed by atoms with Gasteiger partial charge in [-0.2, -0.15) is 4.98 Å². The van der Waals surface area contributed by atoms with E-state index in [1.807, 2.05) is 19.1 Å². The van der Waals surface area contributed by atoms with Crippen LogP contribution >= 0.6 is 0 Å². The molecule has 2 heterocycles. The highest BCUT2D eigenvalue weighted by atomic mass is 16.5. The lowest BCUT2D eigenvalue weighted by molar-refractivity contribution is 0.0979. The summed E-state index contributed by atoms with van der Waals surface area (Å²) in [5.41, 5.74) is 1.57. The normalized spacial score (nSPS) is 21.4. The van der Waals surface area contributed by atoms with E-state index in [0.717, 1.165) is 57.2 Å². The minimum Gasteiger partial charge on any atom is -0.496 e. The van der Waals surface area contributed by atoms with Gasteiger partial charge in [0, 0.05) is 24.3 Å². The Morgan fingerprint density at radius 3 is 2.67 bits per heavy atom. The van der Waals surface area contributed by atoms with Gasteiger partial charge in [0.15, 0.2) is 0 Å². The van der Waals surface area contributed by atoms with Crippen molar-refractivity contribution in [3.63, 3.8) is 0 Å². The van der Waals surface area contributed by atoms with Gasteiger partial charge in [-0.3, -0.25) is 9.69 Å². The van der Waals surface area contributed by atoms with Crippen molar-refractivity contribution in [1.29, 1.82) is 0 Å². The molecule has 0 radical (unpaired) electrons. The number of nitrogens with one attached hydrogen (secondary N) is 2. The Morgan fingerprint density at radius 2 is 1.94 bits per heavy atom.